The van der Waals surface area contributed by atoms with E-state index < -0.39 is 10.0 Å². The predicted octanol–water partition coefficient (Wildman–Crippen LogP) is 0.795. The highest BCUT2D eigenvalue weighted by atomic mass is 35.5. The fourth-order valence-electron chi connectivity index (χ4n) is 2.51. The van der Waals surface area contributed by atoms with Crippen molar-refractivity contribution in [3.05, 3.63) is 35.7 Å². The van der Waals surface area contributed by atoms with Gasteiger partial charge in [0.25, 0.3) is 10.0 Å². The molecule has 8 nitrogen and oxygen atoms in total. The Labute approximate surface area is 145 Å². The van der Waals surface area contributed by atoms with Crippen LogP contribution in [0.15, 0.2) is 35.6 Å². The minimum atomic E-state index is -3.80. The summed E-state index contributed by atoms with van der Waals surface area (Å²) in [6.07, 6.45) is 1.36. The number of nitrogens with one attached hydrogen (secondary N) is 1. The molecule has 0 radical (unpaired) electrons. The van der Waals surface area contributed by atoms with Gasteiger partial charge in [0.1, 0.15) is 10.9 Å². The Kier molecular flexibility index (Phi) is 4.68. The lowest BCUT2D eigenvalue weighted by Crippen LogP contribution is -2.53. The second kappa shape index (κ2) is 6.60. The maximum absolute atomic E-state index is 12.4. The second-order valence-corrected chi connectivity index (χ2v) is 7.47. The lowest BCUT2D eigenvalue weighted by Gasteiger charge is -2.35. The van der Waals surface area contributed by atoms with Crippen molar-refractivity contribution in [3.8, 4) is 5.75 Å². The van der Waals surface area contributed by atoms with Crippen LogP contribution < -0.4 is 9.73 Å². The maximum Gasteiger partial charge on any atom is 0.274 e. The molecular formula is C14H18ClN5O3S. The number of nitrogens with zero attached hydrogens (tertiary/aromatic N) is 4. The number of imidazole rings is 1. The standard InChI is InChI=1S/C14H18ClN5O3S/c1-18-10-16-14(13(18)15)24(22,23)17-20-8-6-19(7-9-20)11-2-4-12(21)5-3-11/h2-5,10,17,21H,6-9H2,1H3. The number of aromatic hydroxyl groups is 1. The SMILES string of the molecule is Cn1cnc(S(=O)(=O)NN2CCN(c3ccc(O)cc3)CC2)c1Cl. The number of hydrogen-bond acceptors (Lipinski definition) is 6. The van der Waals surface area contributed by atoms with Crippen LogP contribution in [0.4, 0.5) is 5.69 Å². The van der Waals surface area contributed by atoms with Gasteiger partial charge < -0.3 is 14.6 Å². The van der Waals surface area contributed by atoms with E-state index in [-0.39, 0.29) is 15.9 Å². The molecular weight excluding hydrogens is 354 g/mol. The minimum absolute atomic E-state index is 0.0743. The Morgan fingerprint density at radius 3 is 2.33 bits per heavy atom. The van der Waals surface area contributed by atoms with E-state index in [4.69, 9.17) is 11.6 Å². The Morgan fingerprint density at radius 1 is 1.17 bits per heavy atom. The van der Waals surface area contributed by atoms with Gasteiger partial charge in [-0.25, -0.2) is 18.4 Å². The molecule has 0 saturated carbocycles. The average molecular weight is 372 g/mol. The number of phenolic OH excluding ortho intramolecular Hbond substituents is 1. The van der Waals surface area contributed by atoms with Crippen LogP contribution in [0, 0.1) is 0 Å². The van der Waals surface area contributed by atoms with E-state index in [1.807, 2.05) is 12.1 Å². The van der Waals surface area contributed by atoms with E-state index in [1.54, 1.807) is 24.2 Å². The molecule has 1 aromatic carbocycles. The van der Waals surface area contributed by atoms with Crippen molar-refractivity contribution in [2.24, 2.45) is 7.05 Å². The number of phenols is 1. The van der Waals surface area contributed by atoms with Crippen LogP contribution in [-0.4, -0.2) is 54.3 Å². The molecule has 1 saturated heterocycles. The average Bonchev–Trinajstić information content (AvgIpc) is 2.89. The molecule has 3 rings (SSSR count). The molecule has 2 aromatic rings. The zero-order chi connectivity index (χ0) is 17.3. The third kappa shape index (κ3) is 3.48. The summed E-state index contributed by atoms with van der Waals surface area (Å²) in [5.41, 5.74) is 0.989. The van der Waals surface area contributed by atoms with Crippen LogP contribution >= 0.6 is 11.6 Å². The molecule has 2 N–H and O–H groups in total. The summed E-state index contributed by atoms with van der Waals surface area (Å²) in [6, 6.07) is 6.94. The summed E-state index contributed by atoms with van der Waals surface area (Å²) in [4.78, 5) is 8.49. The van der Waals surface area contributed by atoms with Crippen molar-refractivity contribution in [2.75, 3.05) is 31.1 Å². The van der Waals surface area contributed by atoms with E-state index >= 15 is 0 Å². The van der Waals surface area contributed by atoms with Gasteiger partial charge in [-0.3, -0.25) is 0 Å². The number of sulfonamides is 1. The van der Waals surface area contributed by atoms with E-state index in [1.165, 1.54) is 10.9 Å². The maximum atomic E-state index is 12.4. The fourth-order valence-corrected chi connectivity index (χ4v) is 4.06. The summed E-state index contributed by atoms with van der Waals surface area (Å²) < 4.78 is 26.2. The number of halogens is 1. The zero-order valence-electron chi connectivity index (χ0n) is 13.1. The van der Waals surface area contributed by atoms with E-state index in [9.17, 15) is 13.5 Å². The molecule has 130 valence electrons. The van der Waals surface area contributed by atoms with Crippen molar-refractivity contribution in [1.29, 1.82) is 0 Å². The molecule has 0 unspecified atom stereocenters. The second-order valence-electron chi connectivity index (χ2n) is 5.54. The lowest BCUT2D eigenvalue weighted by molar-refractivity contribution is 0.226. The molecule has 0 bridgehead atoms. The van der Waals surface area contributed by atoms with Crippen LogP contribution in [0.5, 0.6) is 5.75 Å². The van der Waals surface area contributed by atoms with Gasteiger partial charge in [0, 0.05) is 38.9 Å². The quantitative estimate of drug-likeness (QED) is 0.826. The van der Waals surface area contributed by atoms with Gasteiger partial charge in [0.05, 0.1) is 6.33 Å². The highest BCUT2D eigenvalue weighted by Crippen LogP contribution is 2.21. The summed E-state index contributed by atoms with van der Waals surface area (Å²) in [7, 11) is -2.17. The molecule has 2 heterocycles. The van der Waals surface area contributed by atoms with Crippen molar-refractivity contribution in [2.45, 2.75) is 5.03 Å². The molecule has 10 heteroatoms. The molecule has 0 spiro atoms. The van der Waals surface area contributed by atoms with E-state index in [2.05, 4.69) is 14.7 Å². The number of hydrogen-bond donors (Lipinski definition) is 2. The number of hydrazine groups is 1. The van der Waals surface area contributed by atoms with Crippen molar-refractivity contribution in [3.63, 3.8) is 0 Å². The first-order valence-electron chi connectivity index (χ1n) is 7.35. The van der Waals surface area contributed by atoms with Gasteiger partial charge in [-0.15, -0.1) is 4.83 Å². The summed E-state index contributed by atoms with van der Waals surface area (Å²) >= 11 is 5.96. The molecule has 1 aliphatic heterocycles. The highest BCUT2D eigenvalue weighted by molar-refractivity contribution is 7.89. The molecule has 24 heavy (non-hydrogen) atoms. The van der Waals surface area contributed by atoms with Crippen LogP contribution in [0.3, 0.4) is 0 Å². The fraction of sp³-hybridized carbons (Fsp3) is 0.357. The van der Waals surface area contributed by atoms with Crippen LogP contribution in [-0.2, 0) is 17.1 Å². The van der Waals surface area contributed by atoms with E-state index in [0.717, 1.165) is 5.69 Å². The summed E-state index contributed by atoms with van der Waals surface area (Å²) in [6.45, 7) is 2.35. The van der Waals surface area contributed by atoms with Crippen molar-refractivity contribution in [1.82, 2.24) is 19.4 Å². The highest BCUT2D eigenvalue weighted by Gasteiger charge is 2.27. The number of anilines is 1. The topological polar surface area (TPSA) is 90.7 Å². The molecule has 1 fully saturated rings. The number of aromatic nitrogens is 2. The Morgan fingerprint density at radius 2 is 1.79 bits per heavy atom. The van der Waals surface area contributed by atoms with E-state index in [0.29, 0.717) is 26.2 Å². The first kappa shape index (κ1) is 17.0. The largest absolute Gasteiger partial charge is 0.508 e. The molecule has 0 atom stereocenters. The first-order chi connectivity index (χ1) is 11.4. The molecule has 1 aromatic heterocycles. The van der Waals surface area contributed by atoms with Crippen LogP contribution in [0.25, 0.3) is 0 Å². The number of piperazine rings is 1. The monoisotopic (exact) mass is 371 g/mol. The summed E-state index contributed by atoms with van der Waals surface area (Å²) in [5.74, 6) is 0.220. The number of benzene rings is 1. The predicted molar refractivity (Wildman–Crippen MR) is 90.4 cm³/mol. The Bertz CT molecular complexity index is 813. The third-order valence-corrected chi connectivity index (χ3v) is 5.70. The molecule has 0 aliphatic carbocycles. The van der Waals surface area contributed by atoms with Gasteiger partial charge in [-0.05, 0) is 24.3 Å². The normalized spacial score (nSPS) is 16.5. The zero-order valence-corrected chi connectivity index (χ0v) is 14.6. The molecule has 1 aliphatic rings. The third-order valence-electron chi connectivity index (χ3n) is 3.83. The number of aryl methyl sites for hydroxylation is 1. The first-order valence-corrected chi connectivity index (χ1v) is 9.21. The smallest absolute Gasteiger partial charge is 0.274 e. The molecule has 0 amide bonds. The Hall–Kier alpha value is -1.81. The number of rotatable bonds is 4. The van der Waals surface area contributed by atoms with Crippen LogP contribution in [0.1, 0.15) is 0 Å². The minimum Gasteiger partial charge on any atom is -0.508 e. The van der Waals surface area contributed by atoms with Gasteiger partial charge in [0.2, 0.25) is 5.03 Å². The lowest BCUT2D eigenvalue weighted by atomic mass is 10.2. The van der Waals surface area contributed by atoms with Crippen molar-refractivity contribution >= 4 is 27.3 Å². The van der Waals surface area contributed by atoms with Crippen molar-refractivity contribution < 1.29 is 13.5 Å². The van der Waals surface area contributed by atoms with Gasteiger partial charge in [0.15, 0.2) is 0 Å². The van der Waals surface area contributed by atoms with Gasteiger partial charge in [-0.2, -0.15) is 0 Å². The van der Waals surface area contributed by atoms with Crippen LogP contribution in [0.2, 0.25) is 5.15 Å². The Balaban J connectivity index is 1.63. The summed E-state index contributed by atoms with van der Waals surface area (Å²) in [5, 5.41) is 10.9. The van der Waals surface area contributed by atoms with Gasteiger partial charge >= 0.3 is 0 Å². The van der Waals surface area contributed by atoms with Gasteiger partial charge in [-0.1, -0.05) is 11.6 Å².